The van der Waals surface area contributed by atoms with E-state index in [1.807, 2.05) is 56.3 Å². The summed E-state index contributed by atoms with van der Waals surface area (Å²) >= 11 is 0. The van der Waals surface area contributed by atoms with Gasteiger partial charge in [-0.05, 0) is 38.1 Å². The van der Waals surface area contributed by atoms with Gasteiger partial charge in [0, 0.05) is 26.2 Å². The maximum Gasteiger partial charge on any atom is 0.241 e. The Hall–Kier alpha value is -2.73. The van der Waals surface area contributed by atoms with Gasteiger partial charge in [-0.3, -0.25) is 9.69 Å². The van der Waals surface area contributed by atoms with Crippen molar-refractivity contribution in [2.75, 3.05) is 43.0 Å². The van der Waals surface area contributed by atoms with Crippen molar-refractivity contribution in [3.63, 3.8) is 0 Å². The fourth-order valence-electron chi connectivity index (χ4n) is 3.34. The van der Waals surface area contributed by atoms with Crippen molar-refractivity contribution in [2.24, 2.45) is 0 Å². The maximum atomic E-state index is 12.7. The van der Waals surface area contributed by atoms with E-state index < -0.39 is 0 Å². The molecule has 1 heterocycles. The molecule has 1 aliphatic heterocycles. The van der Waals surface area contributed by atoms with Crippen molar-refractivity contribution in [3.8, 4) is 11.5 Å². The van der Waals surface area contributed by atoms with E-state index in [4.69, 9.17) is 4.74 Å². The molecular formula is C21H27N3O3. The predicted octanol–water partition coefficient (Wildman–Crippen LogP) is 2.94. The molecule has 1 amide bonds. The van der Waals surface area contributed by atoms with Crippen molar-refractivity contribution in [1.29, 1.82) is 0 Å². The normalized spacial score (nSPS) is 16.0. The van der Waals surface area contributed by atoms with Crippen LogP contribution in [0.5, 0.6) is 11.5 Å². The molecule has 0 spiro atoms. The zero-order chi connectivity index (χ0) is 19.2. The summed E-state index contributed by atoms with van der Waals surface area (Å²) in [5, 5.41) is 13.0. The molecule has 0 saturated carbocycles. The van der Waals surface area contributed by atoms with Gasteiger partial charge in [0.15, 0.2) is 0 Å². The quantitative estimate of drug-likeness (QED) is 0.820. The number of para-hydroxylation sites is 4. The summed E-state index contributed by atoms with van der Waals surface area (Å²) in [6, 6.07) is 14.6. The highest BCUT2D eigenvalue weighted by atomic mass is 16.5. The van der Waals surface area contributed by atoms with Gasteiger partial charge >= 0.3 is 0 Å². The van der Waals surface area contributed by atoms with Crippen LogP contribution in [0.4, 0.5) is 11.4 Å². The third-order valence-electron chi connectivity index (χ3n) is 4.91. The van der Waals surface area contributed by atoms with E-state index >= 15 is 0 Å². The molecule has 0 bridgehead atoms. The zero-order valence-corrected chi connectivity index (χ0v) is 15.9. The van der Waals surface area contributed by atoms with Crippen molar-refractivity contribution in [3.05, 3.63) is 48.5 Å². The fraction of sp³-hybridized carbons (Fsp3) is 0.381. The molecule has 3 rings (SSSR count). The maximum absolute atomic E-state index is 12.7. The number of ether oxygens (including phenoxy) is 1. The van der Waals surface area contributed by atoms with Crippen molar-refractivity contribution in [1.82, 2.24) is 4.90 Å². The summed E-state index contributed by atoms with van der Waals surface area (Å²) in [4.78, 5) is 17.0. The average molecular weight is 369 g/mol. The molecule has 0 radical (unpaired) electrons. The Morgan fingerprint density at radius 1 is 1.11 bits per heavy atom. The lowest BCUT2D eigenvalue weighted by atomic mass is 10.2. The molecule has 1 unspecified atom stereocenters. The molecule has 144 valence electrons. The first-order chi connectivity index (χ1) is 13.1. The summed E-state index contributed by atoms with van der Waals surface area (Å²) in [7, 11) is 0. The van der Waals surface area contributed by atoms with E-state index in [2.05, 4.69) is 15.1 Å². The Morgan fingerprint density at radius 2 is 1.78 bits per heavy atom. The number of benzene rings is 2. The monoisotopic (exact) mass is 369 g/mol. The van der Waals surface area contributed by atoms with Crippen LogP contribution in [0.2, 0.25) is 0 Å². The van der Waals surface area contributed by atoms with Crippen LogP contribution in [-0.4, -0.2) is 54.7 Å². The molecule has 2 N–H and O–H groups in total. The van der Waals surface area contributed by atoms with Gasteiger partial charge in [0.05, 0.1) is 24.0 Å². The Morgan fingerprint density at radius 3 is 2.48 bits per heavy atom. The lowest BCUT2D eigenvalue weighted by Gasteiger charge is -2.38. The number of phenolic OH excluding ortho intramolecular Hbond substituents is 1. The second-order valence-electron chi connectivity index (χ2n) is 6.61. The number of aromatic hydroxyl groups is 1. The van der Waals surface area contributed by atoms with Crippen LogP contribution in [0.1, 0.15) is 13.8 Å². The Labute approximate surface area is 160 Å². The number of carbonyl (C=O) groups excluding carboxylic acids is 1. The third kappa shape index (κ3) is 4.52. The number of nitrogens with zero attached hydrogens (tertiary/aromatic N) is 2. The van der Waals surface area contributed by atoms with Crippen LogP contribution in [0.3, 0.4) is 0 Å². The number of carbonyl (C=O) groups is 1. The van der Waals surface area contributed by atoms with Crippen LogP contribution in [-0.2, 0) is 4.79 Å². The van der Waals surface area contributed by atoms with Gasteiger partial charge in [-0.1, -0.05) is 24.3 Å². The average Bonchev–Trinajstić information content (AvgIpc) is 2.69. The highest BCUT2D eigenvalue weighted by Gasteiger charge is 2.26. The molecule has 1 fully saturated rings. The minimum Gasteiger partial charge on any atom is -0.506 e. The predicted molar refractivity (Wildman–Crippen MR) is 108 cm³/mol. The summed E-state index contributed by atoms with van der Waals surface area (Å²) in [6.07, 6.45) is 0. The number of piperazine rings is 1. The van der Waals surface area contributed by atoms with E-state index in [0.29, 0.717) is 23.8 Å². The fourth-order valence-corrected chi connectivity index (χ4v) is 3.34. The minimum atomic E-state index is -0.244. The molecular weight excluding hydrogens is 342 g/mol. The van der Waals surface area contributed by atoms with E-state index in [1.165, 1.54) is 0 Å². The number of phenols is 1. The van der Waals surface area contributed by atoms with Gasteiger partial charge in [0.1, 0.15) is 11.5 Å². The first kappa shape index (κ1) is 19.0. The summed E-state index contributed by atoms with van der Waals surface area (Å²) in [6.45, 7) is 7.46. The van der Waals surface area contributed by atoms with Gasteiger partial charge in [-0.25, -0.2) is 0 Å². The lowest BCUT2D eigenvalue weighted by molar-refractivity contribution is -0.120. The van der Waals surface area contributed by atoms with E-state index in [-0.39, 0.29) is 11.9 Å². The summed E-state index contributed by atoms with van der Waals surface area (Å²) in [5.41, 5.74) is 1.55. The zero-order valence-electron chi connectivity index (χ0n) is 15.9. The molecule has 27 heavy (non-hydrogen) atoms. The summed E-state index contributed by atoms with van der Waals surface area (Å²) in [5.74, 6) is 0.937. The highest BCUT2D eigenvalue weighted by Crippen LogP contribution is 2.28. The Kier molecular flexibility index (Phi) is 6.19. The number of hydrogen-bond donors (Lipinski definition) is 2. The first-order valence-electron chi connectivity index (χ1n) is 9.40. The van der Waals surface area contributed by atoms with Gasteiger partial charge in [0.2, 0.25) is 5.91 Å². The number of hydrogen-bond acceptors (Lipinski definition) is 5. The van der Waals surface area contributed by atoms with E-state index in [1.54, 1.807) is 6.07 Å². The molecule has 6 heteroatoms. The SMILES string of the molecule is CCOc1ccccc1NC(=O)C(C)N1CCN(c2ccccc2O)CC1. The van der Waals surface area contributed by atoms with Crippen molar-refractivity contribution < 1.29 is 14.6 Å². The molecule has 0 aromatic heterocycles. The molecule has 1 atom stereocenters. The standard InChI is InChI=1S/C21H27N3O3/c1-3-27-20-11-7-4-8-17(20)22-21(26)16(2)23-12-14-24(15-13-23)18-9-5-6-10-19(18)25/h4-11,16,25H,3,12-15H2,1-2H3,(H,22,26). The number of anilines is 2. The number of nitrogens with one attached hydrogen (secondary N) is 1. The van der Waals surface area contributed by atoms with Crippen molar-refractivity contribution >= 4 is 17.3 Å². The molecule has 2 aromatic rings. The van der Waals surface area contributed by atoms with Crippen molar-refractivity contribution in [2.45, 2.75) is 19.9 Å². The van der Waals surface area contributed by atoms with Crippen LogP contribution < -0.4 is 15.0 Å². The topological polar surface area (TPSA) is 65.0 Å². The van der Waals surface area contributed by atoms with Gasteiger partial charge in [-0.15, -0.1) is 0 Å². The largest absolute Gasteiger partial charge is 0.506 e. The third-order valence-corrected chi connectivity index (χ3v) is 4.91. The number of rotatable bonds is 6. The summed E-state index contributed by atoms with van der Waals surface area (Å²) < 4.78 is 5.58. The minimum absolute atomic E-state index is 0.0434. The lowest BCUT2D eigenvalue weighted by Crippen LogP contribution is -2.52. The van der Waals surface area contributed by atoms with E-state index in [0.717, 1.165) is 31.9 Å². The second kappa shape index (κ2) is 8.77. The second-order valence-corrected chi connectivity index (χ2v) is 6.61. The van der Waals surface area contributed by atoms with Gasteiger partial charge in [-0.2, -0.15) is 0 Å². The molecule has 0 aliphatic carbocycles. The highest BCUT2D eigenvalue weighted by molar-refractivity contribution is 5.95. The smallest absolute Gasteiger partial charge is 0.241 e. The van der Waals surface area contributed by atoms with E-state index in [9.17, 15) is 9.90 Å². The van der Waals surface area contributed by atoms with Gasteiger partial charge in [0.25, 0.3) is 0 Å². The molecule has 6 nitrogen and oxygen atoms in total. The number of amides is 1. The molecule has 2 aromatic carbocycles. The van der Waals surface area contributed by atoms with Crippen LogP contribution in [0.15, 0.2) is 48.5 Å². The first-order valence-corrected chi connectivity index (χ1v) is 9.40. The Bertz CT molecular complexity index is 773. The van der Waals surface area contributed by atoms with Gasteiger partial charge < -0.3 is 20.1 Å². The Balaban J connectivity index is 1.58. The van der Waals surface area contributed by atoms with Crippen LogP contribution in [0.25, 0.3) is 0 Å². The van der Waals surface area contributed by atoms with Crippen LogP contribution in [0, 0.1) is 0 Å². The molecule has 1 aliphatic rings. The van der Waals surface area contributed by atoms with Crippen LogP contribution >= 0.6 is 0 Å². The molecule has 1 saturated heterocycles.